The number of para-hydroxylation sites is 1. The molecule has 1 atom stereocenters. The molecule has 7 heteroatoms. The summed E-state index contributed by atoms with van der Waals surface area (Å²) in [5.74, 6) is -0.0989. The second-order valence-corrected chi connectivity index (χ2v) is 6.74. The number of hydrogen-bond acceptors (Lipinski definition) is 4. The number of fused-ring (bicyclic) bond motifs is 1. The molecule has 132 valence electrons. The molecule has 2 aromatic rings. The van der Waals surface area contributed by atoms with Crippen molar-refractivity contribution in [2.75, 3.05) is 18.8 Å². The molecule has 1 aliphatic heterocycles. The largest absolute Gasteiger partial charge is 0.398 e. The standard InChI is InChI=1S/C17H21N3OS.2ClH/c1-12(20-8-6-16-13(11-20)7-9-22-16)10-19-17(21)14-4-2-3-5-15(14)18;;/h2-5,7,9,12H,6,8,10-11,18H2,1H3,(H,19,21);2*1H. The van der Waals surface area contributed by atoms with Gasteiger partial charge >= 0.3 is 0 Å². The first-order valence-corrected chi connectivity index (χ1v) is 8.45. The monoisotopic (exact) mass is 387 g/mol. The van der Waals surface area contributed by atoms with E-state index in [9.17, 15) is 4.79 Å². The summed E-state index contributed by atoms with van der Waals surface area (Å²) in [6.45, 7) is 4.82. The van der Waals surface area contributed by atoms with Crippen molar-refractivity contribution >= 4 is 47.7 Å². The van der Waals surface area contributed by atoms with Crippen LogP contribution in [0.3, 0.4) is 0 Å². The maximum absolute atomic E-state index is 12.2. The number of benzene rings is 1. The number of carbonyl (C=O) groups excluding carboxylic acids is 1. The Kier molecular flexibility index (Phi) is 8.03. The van der Waals surface area contributed by atoms with Crippen LogP contribution in [-0.2, 0) is 13.0 Å². The highest BCUT2D eigenvalue weighted by atomic mass is 35.5. The van der Waals surface area contributed by atoms with Crippen LogP contribution < -0.4 is 11.1 Å². The third-order valence-electron chi connectivity index (χ3n) is 4.22. The summed E-state index contributed by atoms with van der Waals surface area (Å²) in [5.41, 5.74) is 8.35. The third kappa shape index (κ3) is 4.63. The molecule has 1 aromatic heterocycles. The number of nitrogens with one attached hydrogen (secondary N) is 1. The van der Waals surface area contributed by atoms with Gasteiger partial charge in [-0.2, -0.15) is 0 Å². The molecule has 2 heterocycles. The van der Waals surface area contributed by atoms with Crippen molar-refractivity contribution in [1.82, 2.24) is 10.2 Å². The van der Waals surface area contributed by atoms with Crippen molar-refractivity contribution in [3.05, 3.63) is 51.7 Å². The molecule has 3 rings (SSSR count). The van der Waals surface area contributed by atoms with Gasteiger partial charge in [-0.1, -0.05) is 12.1 Å². The van der Waals surface area contributed by atoms with Gasteiger partial charge in [-0.15, -0.1) is 36.2 Å². The lowest BCUT2D eigenvalue weighted by Gasteiger charge is -2.32. The number of rotatable bonds is 4. The molecule has 4 nitrogen and oxygen atoms in total. The molecule has 1 aromatic carbocycles. The van der Waals surface area contributed by atoms with Gasteiger partial charge in [0.05, 0.1) is 5.56 Å². The second kappa shape index (κ2) is 9.28. The van der Waals surface area contributed by atoms with Gasteiger partial charge in [0.1, 0.15) is 0 Å². The minimum absolute atomic E-state index is 0. The van der Waals surface area contributed by atoms with Crippen molar-refractivity contribution in [1.29, 1.82) is 0 Å². The first-order chi connectivity index (χ1) is 10.6. The molecule has 1 unspecified atom stereocenters. The number of thiophene rings is 1. The van der Waals surface area contributed by atoms with E-state index in [1.165, 1.54) is 10.4 Å². The van der Waals surface area contributed by atoms with Crippen LogP contribution in [0.5, 0.6) is 0 Å². The summed E-state index contributed by atoms with van der Waals surface area (Å²) in [7, 11) is 0. The number of amides is 1. The van der Waals surface area contributed by atoms with Crippen LogP contribution in [0.25, 0.3) is 0 Å². The van der Waals surface area contributed by atoms with Crippen LogP contribution in [0, 0.1) is 0 Å². The number of halogens is 2. The Morgan fingerprint density at radius 1 is 1.33 bits per heavy atom. The predicted octanol–water partition coefficient (Wildman–Crippen LogP) is 3.35. The molecule has 0 bridgehead atoms. The first-order valence-electron chi connectivity index (χ1n) is 7.57. The zero-order valence-corrected chi connectivity index (χ0v) is 16.0. The third-order valence-corrected chi connectivity index (χ3v) is 5.25. The molecule has 0 radical (unpaired) electrons. The topological polar surface area (TPSA) is 58.4 Å². The Bertz CT molecular complexity index is 677. The van der Waals surface area contributed by atoms with E-state index in [1.807, 2.05) is 23.5 Å². The van der Waals surface area contributed by atoms with E-state index in [1.54, 1.807) is 12.1 Å². The zero-order valence-electron chi connectivity index (χ0n) is 13.5. The molecule has 0 aliphatic carbocycles. The van der Waals surface area contributed by atoms with E-state index >= 15 is 0 Å². The lowest BCUT2D eigenvalue weighted by molar-refractivity contribution is 0.0933. The Hall–Kier alpha value is -1.27. The highest BCUT2D eigenvalue weighted by Gasteiger charge is 2.22. The zero-order chi connectivity index (χ0) is 15.5. The highest BCUT2D eigenvalue weighted by molar-refractivity contribution is 7.10. The van der Waals surface area contributed by atoms with Crippen LogP contribution in [0.15, 0.2) is 35.7 Å². The maximum Gasteiger partial charge on any atom is 0.253 e. The lowest BCUT2D eigenvalue weighted by Crippen LogP contribution is -2.44. The van der Waals surface area contributed by atoms with Crippen LogP contribution in [0.2, 0.25) is 0 Å². The van der Waals surface area contributed by atoms with Crippen molar-refractivity contribution in [3.63, 3.8) is 0 Å². The Morgan fingerprint density at radius 2 is 2.08 bits per heavy atom. The van der Waals surface area contributed by atoms with Crippen molar-refractivity contribution in [2.24, 2.45) is 0 Å². The van der Waals surface area contributed by atoms with Gasteiger partial charge in [0.2, 0.25) is 0 Å². The van der Waals surface area contributed by atoms with E-state index < -0.39 is 0 Å². The number of hydrogen-bond donors (Lipinski definition) is 2. The van der Waals surface area contributed by atoms with Crippen LogP contribution in [-0.4, -0.2) is 29.9 Å². The lowest BCUT2D eigenvalue weighted by atomic mass is 10.1. The molecule has 0 spiro atoms. The predicted molar refractivity (Wildman–Crippen MR) is 106 cm³/mol. The summed E-state index contributed by atoms with van der Waals surface area (Å²) >= 11 is 1.85. The van der Waals surface area contributed by atoms with Gasteiger partial charge in [0.15, 0.2) is 0 Å². The van der Waals surface area contributed by atoms with E-state index in [4.69, 9.17) is 5.73 Å². The number of carbonyl (C=O) groups is 1. The molecule has 0 fully saturated rings. The number of nitrogens with two attached hydrogens (primary N) is 1. The highest BCUT2D eigenvalue weighted by Crippen LogP contribution is 2.25. The second-order valence-electron chi connectivity index (χ2n) is 5.74. The summed E-state index contributed by atoms with van der Waals surface area (Å²) in [4.78, 5) is 16.1. The number of anilines is 1. The Morgan fingerprint density at radius 3 is 2.83 bits per heavy atom. The van der Waals surface area contributed by atoms with E-state index in [0.717, 1.165) is 19.5 Å². The number of nitrogen functional groups attached to an aromatic ring is 1. The van der Waals surface area contributed by atoms with Crippen LogP contribution in [0.4, 0.5) is 5.69 Å². The summed E-state index contributed by atoms with van der Waals surface area (Å²) in [6, 6.07) is 9.69. The fourth-order valence-electron chi connectivity index (χ4n) is 2.82. The molecule has 0 saturated heterocycles. The summed E-state index contributed by atoms with van der Waals surface area (Å²) in [5, 5.41) is 5.16. The number of nitrogens with zero attached hydrogens (tertiary/aromatic N) is 1. The average molecular weight is 388 g/mol. The molecule has 1 aliphatic rings. The first kappa shape index (κ1) is 20.8. The van der Waals surface area contributed by atoms with Crippen molar-refractivity contribution < 1.29 is 4.79 Å². The molecular weight excluding hydrogens is 365 g/mol. The quantitative estimate of drug-likeness (QED) is 0.790. The van der Waals surface area contributed by atoms with Gasteiger partial charge in [0.25, 0.3) is 5.91 Å². The van der Waals surface area contributed by atoms with Gasteiger partial charge in [-0.05, 0) is 42.5 Å². The van der Waals surface area contributed by atoms with E-state index in [-0.39, 0.29) is 30.7 Å². The minimum atomic E-state index is -0.0989. The van der Waals surface area contributed by atoms with Gasteiger partial charge in [-0.3, -0.25) is 9.69 Å². The fraction of sp³-hybridized carbons (Fsp3) is 0.353. The Labute approximate surface area is 159 Å². The Balaban J connectivity index is 0.00000144. The smallest absolute Gasteiger partial charge is 0.253 e. The summed E-state index contributed by atoms with van der Waals surface area (Å²) in [6.07, 6.45) is 1.11. The fourth-order valence-corrected chi connectivity index (χ4v) is 3.70. The SMILES string of the molecule is CC(CNC(=O)c1ccccc1N)N1CCc2sccc2C1.Cl.Cl. The van der Waals surface area contributed by atoms with Gasteiger partial charge in [-0.25, -0.2) is 0 Å². The normalized spacial score (nSPS) is 14.7. The van der Waals surface area contributed by atoms with Crippen LogP contribution in [0.1, 0.15) is 27.7 Å². The van der Waals surface area contributed by atoms with E-state index in [2.05, 4.69) is 28.6 Å². The minimum Gasteiger partial charge on any atom is -0.398 e. The average Bonchev–Trinajstić information content (AvgIpc) is 3.00. The summed E-state index contributed by atoms with van der Waals surface area (Å²) < 4.78 is 0. The van der Waals surface area contributed by atoms with Gasteiger partial charge in [0, 0.05) is 36.2 Å². The van der Waals surface area contributed by atoms with Crippen LogP contribution >= 0.6 is 36.2 Å². The molecular formula is C17H23Cl2N3OS. The molecule has 3 N–H and O–H groups in total. The van der Waals surface area contributed by atoms with Crippen molar-refractivity contribution in [3.8, 4) is 0 Å². The molecule has 24 heavy (non-hydrogen) atoms. The maximum atomic E-state index is 12.2. The molecule has 1 amide bonds. The van der Waals surface area contributed by atoms with Crippen molar-refractivity contribution in [2.45, 2.75) is 25.9 Å². The molecule has 0 saturated carbocycles. The van der Waals surface area contributed by atoms with E-state index in [0.29, 0.717) is 23.8 Å². The van der Waals surface area contributed by atoms with Gasteiger partial charge < -0.3 is 11.1 Å².